The average Bonchev–Trinajstić information content (AvgIpc) is 2.93. The van der Waals surface area contributed by atoms with Crippen LogP contribution in [0.3, 0.4) is 0 Å². The lowest BCUT2D eigenvalue weighted by Gasteiger charge is -2.10. The third-order valence-corrected chi connectivity index (χ3v) is 3.33. The van der Waals surface area contributed by atoms with Crippen LogP contribution in [0.2, 0.25) is 0 Å². The van der Waals surface area contributed by atoms with E-state index >= 15 is 0 Å². The van der Waals surface area contributed by atoms with Gasteiger partial charge in [0.25, 0.3) is 0 Å². The normalized spacial score (nSPS) is 13.3. The van der Waals surface area contributed by atoms with Crippen molar-refractivity contribution in [2.75, 3.05) is 0 Å². The van der Waals surface area contributed by atoms with Gasteiger partial charge >= 0.3 is 0 Å². The second-order valence-corrected chi connectivity index (χ2v) is 5.38. The summed E-state index contributed by atoms with van der Waals surface area (Å²) >= 11 is 0. The fourth-order valence-corrected chi connectivity index (χ4v) is 2.36. The Kier molecular flexibility index (Phi) is 3.71. The van der Waals surface area contributed by atoms with Gasteiger partial charge in [-0.1, -0.05) is 12.1 Å². The Hall–Kier alpha value is -2.20. The SMILES string of the molecule is CC(C)Oc1cncc(C(=O)c2ccc3c(c2)COC3)c1. The summed E-state index contributed by atoms with van der Waals surface area (Å²) in [5.41, 5.74) is 3.43. The quantitative estimate of drug-likeness (QED) is 0.809. The molecule has 4 heteroatoms. The number of benzene rings is 1. The monoisotopic (exact) mass is 283 g/mol. The molecule has 0 bridgehead atoms. The summed E-state index contributed by atoms with van der Waals surface area (Å²) in [6.07, 6.45) is 3.24. The van der Waals surface area contributed by atoms with Gasteiger partial charge in [0.1, 0.15) is 5.75 Å². The Morgan fingerprint density at radius 2 is 1.95 bits per heavy atom. The molecule has 1 aromatic heterocycles. The maximum atomic E-state index is 12.5. The molecule has 2 aromatic rings. The molecule has 108 valence electrons. The number of ketones is 1. The number of carbonyl (C=O) groups excluding carboxylic acids is 1. The fraction of sp³-hybridized carbons (Fsp3) is 0.294. The van der Waals surface area contributed by atoms with Crippen molar-refractivity contribution in [1.29, 1.82) is 0 Å². The molecule has 0 spiro atoms. The highest BCUT2D eigenvalue weighted by atomic mass is 16.5. The van der Waals surface area contributed by atoms with Crippen molar-refractivity contribution < 1.29 is 14.3 Å². The van der Waals surface area contributed by atoms with Crippen molar-refractivity contribution in [2.45, 2.75) is 33.2 Å². The number of ether oxygens (including phenoxy) is 2. The fourth-order valence-electron chi connectivity index (χ4n) is 2.36. The largest absolute Gasteiger partial charge is 0.489 e. The third kappa shape index (κ3) is 2.95. The van der Waals surface area contributed by atoms with Gasteiger partial charge in [-0.3, -0.25) is 9.78 Å². The van der Waals surface area contributed by atoms with Gasteiger partial charge in [-0.15, -0.1) is 0 Å². The van der Waals surface area contributed by atoms with Gasteiger partial charge in [-0.2, -0.15) is 0 Å². The van der Waals surface area contributed by atoms with E-state index in [1.54, 1.807) is 18.5 Å². The van der Waals surface area contributed by atoms with Gasteiger partial charge in [-0.25, -0.2) is 0 Å². The standard InChI is InChI=1S/C17H17NO3/c1-11(2)21-16-6-14(7-18-8-16)17(19)12-3-4-13-9-20-10-15(13)5-12/h3-8,11H,9-10H2,1-2H3. The summed E-state index contributed by atoms with van der Waals surface area (Å²) < 4.78 is 11.0. The smallest absolute Gasteiger partial charge is 0.194 e. The molecule has 0 atom stereocenters. The minimum atomic E-state index is -0.0496. The van der Waals surface area contributed by atoms with Crippen molar-refractivity contribution in [3.63, 3.8) is 0 Å². The number of carbonyl (C=O) groups is 1. The van der Waals surface area contributed by atoms with Crippen molar-refractivity contribution in [3.05, 3.63) is 58.9 Å². The van der Waals surface area contributed by atoms with E-state index in [-0.39, 0.29) is 11.9 Å². The summed E-state index contributed by atoms with van der Waals surface area (Å²) in [6.45, 7) is 5.08. The molecule has 0 amide bonds. The van der Waals surface area contributed by atoms with Crippen LogP contribution in [0.15, 0.2) is 36.7 Å². The molecule has 0 aliphatic carbocycles. The molecule has 21 heavy (non-hydrogen) atoms. The number of pyridine rings is 1. The molecule has 4 nitrogen and oxygen atoms in total. The molecule has 0 saturated heterocycles. The van der Waals surface area contributed by atoms with E-state index < -0.39 is 0 Å². The first-order valence-electron chi connectivity index (χ1n) is 6.99. The zero-order valence-electron chi connectivity index (χ0n) is 12.1. The first-order valence-corrected chi connectivity index (χ1v) is 6.99. The molecular formula is C17H17NO3. The number of aromatic nitrogens is 1. The maximum absolute atomic E-state index is 12.5. The first-order chi connectivity index (χ1) is 10.1. The van der Waals surface area contributed by atoms with Gasteiger partial charge in [-0.05, 0) is 37.1 Å². The van der Waals surface area contributed by atoms with Crippen molar-refractivity contribution in [2.24, 2.45) is 0 Å². The van der Waals surface area contributed by atoms with Crippen LogP contribution < -0.4 is 4.74 Å². The third-order valence-electron chi connectivity index (χ3n) is 3.33. The number of fused-ring (bicyclic) bond motifs is 1. The van der Waals surface area contributed by atoms with Crippen molar-refractivity contribution in [3.8, 4) is 5.75 Å². The second-order valence-electron chi connectivity index (χ2n) is 5.38. The first kappa shape index (κ1) is 13.8. The molecule has 0 fully saturated rings. The summed E-state index contributed by atoms with van der Waals surface area (Å²) in [5, 5.41) is 0. The topological polar surface area (TPSA) is 48.4 Å². The van der Waals surface area contributed by atoms with E-state index in [1.807, 2.05) is 32.0 Å². The molecule has 1 aliphatic rings. The molecule has 3 rings (SSSR count). The van der Waals surface area contributed by atoms with Crippen LogP contribution >= 0.6 is 0 Å². The molecule has 0 N–H and O–H groups in total. The summed E-state index contributed by atoms with van der Waals surface area (Å²) in [5.74, 6) is 0.562. The van der Waals surface area contributed by atoms with Crippen LogP contribution in [0.25, 0.3) is 0 Å². The van der Waals surface area contributed by atoms with E-state index in [1.165, 1.54) is 0 Å². The van der Waals surface area contributed by atoms with Gasteiger partial charge in [0.15, 0.2) is 5.78 Å². The number of rotatable bonds is 4. The zero-order valence-corrected chi connectivity index (χ0v) is 12.1. The van der Waals surface area contributed by atoms with Gasteiger partial charge in [0.05, 0.1) is 25.5 Å². The number of hydrogen-bond donors (Lipinski definition) is 0. The van der Waals surface area contributed by atoms with Crippen LogP contribution in [-0.2, 0) is 18.0 Å². The predicted octanol–water partition coefficient (Wildman–Crippen LogP) is 3.13. The summed E-state index contributed by atoms with van der Waals surface area (Å²) in [7, 11) is 0. The lowest BCUT2D eigenvalue weighted by molar-refractivity contribution is 0.103. The van der Waals surface area contributed by atoms with Crippen LogP contribution in [-0.4, -0.2) is 16.9 Å². The maximum Gasteiger partial charge on any atom is 0.194 e. The highest BCUT2D eigenvalue weighted by Gasteiger charge is 2.16. The van der Waals surface area contributed by atoms with Crippen molar-refractivity contribution >= 4 is 5.78 Å². The Bertz CT molecular complexity index is 679. The summed E-state index contributed by atoms with van der Waals surface area (Å²) in [4.78, 5) is 16.6. The molecule has 1 aromatic carbocycles. The predicted molar refractivity (Wildman–Crippen MR) is 78.4 cm³/mol. The molecular weight excluding hydrogens is 266 g/mol. The average molecular weight is 283 g/mol. The molecule has 0 saturated carbocycles. The second kappa shape index (κ2) is 5.66. The highest BCUT2D eigenvalue weighted by molar-refractivity contribution is 6.09. The molecule has 0 radical (unpaired) electrons. The van der Waals surface area contributed by atoms with E-state index in [9.17, 15) is 4.79 Å². The number of nitrogens with zero attached hydrogens (tertiary/aromatic N) is 1. The summed E-state index contributed by atoms with van der Waals surface area (Å²) in [6, 6.07) is 7.43. The van der Waals surface area contributed by atoms with E-state index in [4.69, 9.17) is 9.47 Å². The Morgan fingerprint density at radius 3 is 2.76 bits per heavy atom. The Morgan fingerprint density at radius 1 is 1.14 bits per heavy atom. The van der Waals surface area contributed by atoms with Gasteiger partial charge in [0.2, 0.25) is 0 Å². The molecule has 1 aliphatic heterocycles. The van der Waals surface area contributed by atoms with Gasteiger partial charge < -0.3 is 9.47 Å². The van der Waals surface area contributed by atoms with E-state index in [2.05, 4.69) is 4.98 Å². The lowest BCUT2D eigenvalue weighted by atomic mass is 10.0. The minimum Gasteiger partial charge on any atom is -0.489 e. The lowest BCUT2D eigenvalue weighted by Crippen LogP contribution is -2.08. The zero-order chi connectivity index (χ0) is 14.8. The van der Waals surface area contributed by atoms with Crippen LogP contribution in [0, 0.1) is 0 Å². The van der Waals surface area contributed by atoms with Crippen LogP contribution in [0.1, 0.15) is 40.9 Å². The van der Waals surface area contributed by atoms with Gasteiger partial charge in [0, 0.05) is 17.3 Å². The van der Waals surface area contributed by atoms with E-state index in [0.717, 1.165) is 11.1 Å². The Balaban J connectivity index is 1.88. The van der Waals surface area contributed by atoms with E-state index in [0.29, 0.717) is 30.1 Å². The minimum absolute atomic E-state index is 0.0496. The Labute approximate surface area is 123 Å². The van der Waals surface area contributed by atoms with Crippen LogP contribution in [0.4, 0.5) is 0 Å². The van der Waals surface area contributed by atoms with Crippen LogP contribution in [0.5, 0.6) is 5.75 Å². The number of hydrogen-bond acceptors (Lipinski definition) is 4. The van der Waals surface area contributed by atoms with Crippen molar-refractivity contribution in [1.82, 2.24) is 4.98 Å². The molecule has 0 unspecified atom stereocenters. The highest BCUT2D eigenvalue weighted by Crippen LogP contribution is 2.23. The molecule has 2 heterocycles.